The summed E-state index contributed by atoms with van der Waals surface area (Å²) >= 11 is 0. The van der Waals surface area contributed by atoms with E-state index in [0.717, 1.165) is 25.7 Å². The van der Waals surface area contributed by atoms with Crippen molar-refractivity contribution < 1.29 is 113 Å². The predicted octanol–water partition coefficient (Wildman–Crippen LogP) is 0.844. The standard InChI is InChI=1S/C14H26O4.C12H22O5.C11H20O5.C8H18O4.C5H12O5/c1-6-7-8-10-12(18-14(4,5)16-10)11-9-15-13(2,3)17-11;1-11(2)14-7-9(16-11)10-8(5-6-13)15-12(3,4)17-10;1-10(2)13-6-8(15-10)9-7(5-12)14-11(3,4)16-9;1-2-3-4-6(10)8(12)7(11)5-9;6-1-3(8)5(10)4(9)2-7/h10-12H,6-9H2,1-5H3;8-10,13H,5-7H2,1-4H3;7-9,12H,5-6H2,1-4H3;6-12H,2-5H2,1H3;3-10H,1-2H2. The molecule has 0 amide bonds. The zero-order valence-corrected chi connectivity index (χ0v) is 46.1. The van der Waals surface area contributed by atoms with Crippen molar-refractivity contribution in [1.82, 2.24) is 0 Å². The lowest BCUT2D eigenvalue weighted by molar-refractivity contribution is -0.175. The Hall–Kier alpha value is -0.920. The van der Waals surface area contributed by atoms with Crippen molar-refractivity contribution >= 4 is 0 Å². The van der Waals surface area contributed by atoms with Gasteiger partial charge in [-0.25, -0.2) is 0 Å². The molecule has 6 heterocycles. The summed E-state index contributed by atoms with van der Waals surface area (Å²) in [5, 5.41) is 96.7. The quantitative estimate of drug-likeness (QED) is 0.0854. The monoisotopic (exact) mass is 1070 g/mol. The first kappa shape index (κ1) is 68.2. The van der Waals surface area contributed by atoms with Crippen LogP contribution < -0.4 is 0 Å². The molecule has 6 fully saturated rings. The zero-order valence-electron chi connectivity index (χ0n) is 46.1. The molecule has 0 aromatic heterocycles. The maximum atomic E-state index is 9.26. The summed E-state index contributed by atoms with van der Waals surface area (Å²) in [6, 6.07) is 0. The van der Waals surface area contributed by atoms with Crippen molar-refractivity contribution in [2.45, 2.75) is 268 Å². The van der Waals surface area contributed by atoms with Crippen LogP contribution in [0.5, 0.6) is 0 Å². The molecule has 0 aromatic carbocycles. The van der Waals surface area contributed by atoms with Gasteiger partial charge in [0.05, 0.1) is 64.6 Å². The Morgan fingerprint density at radius 1 is 0.384 bits per heavy atom. The Labute approximate surface area is 433 Å². The molecule has 14 atom stereocenters. The highest BCUT2D eigenvalue weighted by Crippen LogP contribution is 2.39. The van der Waals surface area contributed by atoms with Crippen LogP contribution in [0.3, 0.4) is 0 Å². The van der Waals surface area contributed by atoms with Gasteiger partial charge in [0.2, 0.25) is 0 Å². The highest BCUT2D eigenvalue weighted by Gasteiger charge is 2.52. The van der Waals surface area contributed by atoms with Crippen molar-refractivity contribution in [3.05, 3.63) is 0 Å². The van der Waals surface area contributed by atoms with E-state index in [2.05, 4.69) is 6.92 Å². The molecule has 73 heavy (non-hydrogen) atoms. The number of ether oxygens (including phenoxy) is 12. The van der Waals surface area contributed by atoms with Crippen LogP contribution >= 0.6 is 0 Å². The van der Waals surface area contributed by atoms with E-state index in [1.165, 1.54) is 6.42 Å². The van der Waals surface area contributed by atoms with E-state index >= 15 is 0 Å². The fourth-order valence-corrected chi connectivity index (χ4v) is 8.71. The Morgan fingerprint density at radius 3 is 0.986 bits per heavy atom. The lowest BCUT2D eigenvalue weighted by Crippen LogP contribution is -2.41. The third kappa shape index (κ3) is 23.1. The fourth-order valence-electron chi connectivity index (χ4n) is 8.71. The zero-order chi connectivity index (χ0) is 55.8. The maximum Gasteiger partial charge on any atom is 0.164 e. The maximum absolute atomic E-state index is 9.26. The van der Waals surface area contributed by atoms with Gasteiger partial charge in [-0.3, -0.25) is 0 Å². The highest BCUT2D eigenvalue weighted by atomic mass is 16.8. The molecule has 23 heteroatoms. The predicted molar refractivity (Wildman–Crippen MR) is 261 cm³/mol. The Morgan fingerprint density at radius 2 is 0.699 bits per heavy atom. The van der Waals surface area contributed by atoms with Gasteiger partial charge in [0, 0.05) is 6.61 Å². The van der Waals surface area contributed by atoms with Gasteiger partial charge >= 0.3 is 0 Å². The molecule has 0 aromatic rings. The van der Waals surface area contributed by atoms with Gasteiger partial charge in [0.1, 0.15) is 73.2 Å². The molecule has 11 N–H and O–H groups in total. The molecule has 6 aliphatic heterocycles. The number of hydrogen-bond acceptors (Lipinski definition) is 23. The van der Waals surface area contributed by atoms with Crippen molar-refractivity contribution in [2.24, 2.45) is 0 Å². The van der Waals surface area contributed by atoms with Crippen LogP contribution in [0.2, 0.25) is 0 Å². The molecule has 0 radical (unpaired) electrons. The average molecular weight is 1070 g/mol. The van der Waals surface area contributed by atoms with Crippen LogP contribution in [0.1, 0.15) is 142 Å². The van der Waals surface area contributed by atoms with Gasteiger partial charge in [0.15, 0.2) is 34.7 Å². The van der Waals surface area contributed by atoms with Gasteiger partial charge in [0.25, 0.3) is 0 Å². The van der Waals surface area contributed by atoms with E-state index < -0.39 is 91.2 Å². The van der Waals surface area contributed by atoms with Crippen LogP contribution in [0.15, 0.2) is 0 Å². The molecule has 0 spiro atoms. The minimum Gasteiger partial charge on any atom is -0.396 e. The van der Waals surface area contributed by atoms with Crippen molar-refractivity contribution in [3.63, 3.8) is 0 Å². The van der Waals surface area contributed by atoms with Gasteiger partial charge in [-0.05, 0) is 102 Å². The largest absolute Gasteiger partial charge is 0.396 e. The Balaban J connectivity index is 0.000000318. The summed E-state index contributed by atoms with van der Waals surface area (Å²) in [5.74, 6) is -3.46. The van der Waals surface area contributed by atoms with Crippen molar-refractivity contribution in [3.8, 4) is 0 Å². The second-order valence-electron chi connectivity index (χ2n) is 21.8. The van der Waals surface area contributed by atoms with E-state index in [9.17, 15) is 10.2 Å². The third-order valence-corrected chi connectivity index (χ3v) is 12.3. The molecule has 0 aliphatic carbocycles. The molecular weight excluding hydrogens is 969 g/mol. The van der Waals surface area contributed by atoms with E-state index in [1.807, 2.05) is 90.0 Å². The molecule has 436 valence electrons. The first-order chi connectivity index (χ1) is 33.7. The van der Waals surface area contributed by atoms with Crippen LogP contribution in [0, 0.1) is 0 Å². The van der Waals surface area contributed by atoms with Crippen molar-refractivity contribution in [2.75, 3.05) is 52.9 Å². The normalized spacial score (nSPS) is 33.6. The summed E-state index contributed by atoms with van der Waals surface area (Å²) in [5.41, 5.74) is 0. The van der Waals surface area contributed by atoms with Crippen LogP contribution in [0.25, 0.3) is 0 Å². The minimum atomic E-state index is -1.49. The summed E-state index contributed by atoms with van der Waals surface area (Å²) < 4.78 is 69.0. The second kappa shape index (κ2) is 30.4. The molecule has 6 rings (SSSR count). The number of aliphatic hydroxyl groups is 11. The average Bonchev–Trinajstić information content (AvgIpc) is 4.17. The van der Waals surface area contributed by atoms with E-state index in [1.54, 1.807) is 0 Å². The van der Waals surface area contributed by atoms with E-state index in [-0.39, 0.29) is 68.1 Å². The van der Waals surface area contributed by atoms with E-state index in [0.29, 0.717) is 32.7 Å². The molecular formula is C50H98O23. The first-order valence-electron chi connectivity index (χ1n) is 25.9. The topological polar surface area (TPSA) is 333 Å². The van der Waals surface area contributed by atoms with Crippen LogP contribution in [-0.4, -0.2) is 235 Å². The van der Waals surface area contributed by atoms with Crippen LogP contribution in [0.4, 0.5) is 0 Å². The number of unbranched alkanes of at least 4 members (excludes halogenated alkanes) is 2. The SMILES string of the molecule is CC1(C)OCC(C2OC(C)(C)OC2CCO)O1.CC1(C)OCC(C2OC(C)(C)OC2CO)O1.CCCCC(O)C(O)C(O)CO.CCCCC1OC(C)(C)OC1C1COC(C)(C)O1.OCC(O)C(O)C(O)CO. The Kier molecular flexibility index (Phi) is 28.4. The minimum absolute atomic E-state index is 0.0201. The van der Waals surface area contributed by atoms with Gasteiger partial charge < -0.3 is 113 Å². The summed E-state index contributed by atoms with van der Waals surface area (Å²) in [4.78, 5) is 0. The number of aliphatic hydroxyl groups excluding tert-OH is 11. The lowest BCUT2D eigenvalue weighted by Gasteiger charge is -2.23. The number of rotatable bonds is 19. The lowest BCUT2D eigenvalue weighted by atomic mass is 10.0. The fraction of sp³-hybridized carbons (Fsp3) is 1.00. The van der Waals surface area contributed by atoms with Crippen molar-refractivity contribution in [1.29, 1.82) is 0 Å². The molecule has 14 unspecified atom stereocenters. The summed E-state index contributed by atoms with van der Waals surface area (Å²) in [7, 11) is 0. The highest BCUT2D eigenvalue weighted by molar-refractivity contribution is 4.93. The smallest absolute Gasteiger partial charge is 0.164 e. The molecule has 0 bridgehead atoms. The van der Waals surface area contributed by atoms with Crippen LogP contribution in [-0.2, 0) is 56.8 Å². The third-order valence-electron chi connectivity index (χ3n) is 12.3. The summed E-state index contributed by atoms with van der Waals surface area (Å²) in [6.07, 6.45) is -2.83. The molecule has 6 aliphatic rings. The first-order valence-corrected chi connectivity index (χ1v) is 25.9. The van der Waals surface area contributed by atoms with Gasteiger partial charge in [-0.1, -0.05) is 39.5 Å². The van der Waals surface area contributed by atoms with E-state index in [4.69, 9.17) is 103 Å². The molecule has 0 saturated carbocycles. The second-order valence-corrected chi connectivity index (χ2v) is 21.8. The molecule has 6 saturated heterocycles. The Bertz CT molecular complexity index is 1490. The molecule has 23 nitrogen and oxygen atoms in total. The van der Waals surface area contributed by atoms with Gasteiger partial charge in [-0.2, -0.15) is 0 Å². The summed E-state index contributed by atoms with van der Waals surface area (Å²) in [6.45, 7) is 26.6. The number of hydrogen-bond donors (Lipinski definition) is 11. The van der Waals surface area contributed by atoms with Gasteiger partial charge in [-0.15, -0.1) is 0 Å².